The van der Waals surface area contributed by atoms with Gasteiger partial charge in [0, 0.05) is 24.8 Å². The molecule has 7 aromatic rings. The van der Waals surface area contributed by atoms with Gasteiger partial charge in [0.15, 0.2) is 34.5 Å². The molecule has 8 heterocycles. The number of hydrogen-bond acceptors (Lipinski definition) is 8. The van der Waals surface area contributed by atoms with Gasteiger partial charge in [0.1, 0.15) is 11.5 Å². The third kappa shape index (κ3) is 7.00. The van der Waals surface area contributed by atoms with Crippen LogP contribution in [0.15, 0.2) is 126 Å². The fourth-order valence-corrected chi connectivity index (χ4v) is 6.39. The van der Waals surface area contributed by atoms with Gasteiger partial charge in [-0.1, -0.05) is 24.3 Å². The highest BCUT2D eigenvalue weighted by molar-refractivity contribution is 5.80. The van der Waals surface area contributed by atoms with Crippen molar-refractivity contribution in [2.24, 2.45) is 4.99 Å². The molecule has 8 rings (SSSR count). The van der Waals surface area contributed by atoms with Crippen LogP contribution in [0.2, 0.25) is 0 Å². The molecule has 294 valence electrons. The second-order valence-electron chi connectivity index (χ2n) is 12.9. The third-order valence-corrected chi connectivity index (χ3v) is 9.02. The lowest BCUT2D eigenvalue weighted by molar-refractivity contribution is -0.142. The number of aliphatic imine (C=N–C) groups is 1. The molecule has 0 amide bonds. The molecule has 20 heteroatoms. The molecule has 58 heavy (non-hydrogen) atoms. The van der Waals surface area contributed by atoms with E-state index in [0.29, 0.717) is 5.69 Å². The second kappa shape index (κ2) is 13.9. The van der Waals surface area contributed by atoms with Gasteiger partial charge in [-0.15, -0.1) is 0 Å². The Kier molecular flexibility index (Phi) is 9.08. The Morgan fingerprint density at radius 2 is 0.810 bits per heavy atom. The number of hydrogen-bond donors (Lipinski definition) is 0. The topological polar surface area (TPSA) is 117 Å². The maximum absolute atomic E-state index is 13.7. The first-order valence-electron chi connectivity index (χ1n) is 17.0. The second-order valence-corrected chi connectivity index (χ2v) is 12.9. The van der Waals surface area contributed by atoms with Crippen LogP contribution in [-0.2, 0) is 23.9 Å². The van der Waals surface area contributed by atoms with Crippen molar-refractivity contribution in [2.75, 3.05) is 0 Å². The van der Waals surface area contributed by atoms with Gasteiger partial charge in [-0.2, -0.15) is 54.8 Å². The smallest absolute Gasteiger partial charge is 0.279 e. The van der Waals surface area contributed by atoms with Gasteiger partial charge in [0.05, 0.1) is 28.5 Å². The van der Waals surface area contributed by atoms with E-state index in [9.17, 15) is 39.5 Å². The molecule has 11 nitrogen and oxygen atoms in total. The zero-order valence-electron chi connectivity index (χ0n) is 29.4. The molecular formula is C38H24F9N11. The summed E-state index contributed by atoms with van der Waals surface area (Å²) < 4.78 is 126. The van der Waals surface area contributed by atoms with Crippen LogP contribution in [0.4, 0.5) is 39.5 Å². The van der Waals surface area contributed by atoms with E-state index in [4.69, 9.17) is 19.9 Å². The molecule has 0 aromatic carbocycles. The van der Waals surface area contributed by atoms with Crippen LogP contribution < -0.4 is 0 Å². The lowest BCUT2D eigenvalue weighted by atomic mass is 9.73. The van der Waals surface area contributed by atoms with Crippen LogP contribution >= 0.6 is 0 Å². The van der Waals surface area contributed by atoms with Gasteiger partial charge in [-0.3, -0.25) is 9.98 Å². The van der Waals surface area contributed by atoms with Crippen LogP contribution in [0, 0.1) is 0 Å². The molecule has 0 bridgehead atoms. The fourth-order valence-electron chi connectivity index (χ4n) is 6.39. The van der Waals surface area contributed by atoms with Crippen molar-refractivity contribution in [3.63, 3.8) is 0 Å². The summed E-state index contributed by atoms with van der Waals surface area (Å²) in [5.41, 5.74) is -3.97. The Labute approximate surface area is 320 Å². The van der Waals surface area contributed by atoms with Crippen LogP contribution in [-0.4, -0.2) is 55.5 Å². The van der Waals surface area contributed by atoms with Gasteiger partial charge in [0.2, 0.25) is 0 Å². The largest absolute Gasteiger partial charge is 0.435 e. The molecule has 0 radical (unpaired) electrons. The van der Waals surface area contributed by atoms with Crippen molar-refractivity contribution >= 4 is 6.21 Å². The van der Waals surface area contributed by atoms with E-state index in [1.807, 2.05) is 13.0 Å². The zero-order valence-corrected chi connectivity index (χ0v) is 29.4. The lowest BCUT2D eigenvalue weighted by Crippen LogP contribution is -2.36. The molecule has 0 saturated carbocycles. The number of pyridine rings is 4. The SMILES string of the molecule is CC1=CC(c2cccc(C(c3cccc(-n4ccc(C(F)(F)F)n4)n3)(c3cccc(-n4ccc(C(F)(F)F)n4)n3)c3cccc(-n4ccc(C(F)(F)F)n4)n3)n2)N=C1. The first-order chi connectivity index (χ1) is 27.5. The molecule has 0 fully saturated rings. The monoisotopic (exact) mass is 805 g/mol. The lowest BCUT2D eigenvalue weighted by Gasteiger charge is -2.33. The summed E-state index contributed by atoms with van der Waals surface area (Å²) in [4.78, 5) is 23.9. The van der Waals surface area contributed by atoms with E-state index in [1.54, 1.807) is 24.4 Å². The van der Waals surface area contributed by atoms with Crippen LogP contribution in [0.3, 0.4) is 0 Å². The van der Waals surface area contributed by atoms with Crippen LogP contribution in [0.25, 0.3) is 17.5 Å². The van der Waals surface area contributed by atoms with Crippen molar-refractivity contribution < 1.29 is 39.5 Å². The summed E-state index contributed by atoms with van der Waals surface area (Å²) in [5.74, 6) is -0.282. The summed E-state index contributed by atoms with van der Waals surface area (Å²) in [6.45, 7) is 1.84. The van der Waals surface area contributed by atoms with Crippen molar-refractivity contribution in [3.05, 3.63) is 167 Å². The number of rotatable bonds is 8. The Balaban J connectivity index is 1.43. The molecule has 1 aliphatic rings. The number of aromatic nitrogens is 10. The van der Waals surface area contributed by atoms with Crippen LogP contribution in [0.1, 0.15) is 58.5 Å². The van der Waals surface area contributed by atoms with Gasteiger partial charge in [-0.05, 0) is 85.3 Å². The minimum Gasteiger partial charge on any atom is -0.279 e. The summed E-state index contributed by atoms with van der Waals surface area (Å²) in [6.07, 6.45) is -7.64. The highest BCUT2D eigenvalue weighted by atomic mass is 19.4. The Morgan fingerprint density at radius 1 is 0.448 bits per heavy atom. The molecule has 0 spiro atoms. The number of alkyl halides is 9. The first kappa shape index (κ1) is 37.9. The molecule has 0 N–H and O–H groups in total. The van der Waals surface area contributed by atoms with Crippen LogP contribution in [0.5, 0.6) is 0 Å². The van der Waals surface area contributed by atoms with Crippen molar-refractivity contribution in [1.82, 2.24) is 49.3 Å². The van der Waals surface area contributed by atoms with E-state index in [1.165, 1.54) is 54.6 Å². The predicted octanol–water partition coefficient (Wildman–Crippen LogP) is 8.33. The van der Waals surface area contributed by atoms with Gasteiger partial charge in [0.25, 0.3) is 0 Å². The minimum atomic E-state index is -4.78. The predicted molar refractivity (Wildman–Crippen MR) is 187 cm³/mol. The maximum atomic E-state index is 13.7. The summed E-state index contributed by atoms with van der Waals surface area (Å²) in [5, 5.41) is 11.0. The van der Waals surface area contributed by atoms with E-state index in [0.717, 1.165) is 56.4 Å². The summed E-state index contributed by atoms with van der Waals surface area (Å²) in [7, 11) is 0. The van der Waals surface area contributed by atoms with Crippen molar-refractivity contribution in [1.29, 1.82) is 0 Å². The molecule has 0 aliphatic carbocycles. The molecular weight excluding hydrogens is 781 g/mol. The number of halogens is 9. The Hall–Kier alpha value is -6.99. The quantitative estimate of drug-likeness (QED) is 0.142. The molecule has 1 atom stereocenters. The average Bonchev–Trinajstić information content (AvgIpc) is 4.02. The highest BCUT2D eigenvalue weighted by Gasteiger charge is 2.46. The maximum Gasteiger partial charge on any atom is 0.435 e. The van der Waals surface area contributed by atoms with E-state index in [-0.39, 0.29) is 40.2 Å². The standard InChI is InChI=1S/C38H24F9N11/c1-22-20-24(48-21-22)23-6-2-7-25(49-23)35(26-8-3-11-32(50-26)56-17-14-29(53-56)36(39,40)41,27-9-4-12-33(51-27)57-18-15-30(54-57)37(42,43)44)28-10-5-13-34(52-28)58-19-16-31(55-58)38(45,46)47/h2-21,24H,1H3. The van der Waals surface area contributed by atoms with E-state index in [2.05, 4.69) is 20.3 Å². The van der Waals surface area contributed by atoms with Crippen molar-refractivity contribution in [2.45, 2.75) is 36.9 Å². The fraction of sp³-hybridized carbons (Fsp3) is 0.158. The zero-order chi connectivity index (χ0) is 41.0. The molecule has 7 aromatic heterocycles. The van der Waals surface area contributed by atoms with E-state index < -0.39 is 47.1 Å². The third-order valence-electron chi connectivity index (χ3n) is 9.02. The van der Waals surface area contributed by atoms with Crippen molar-refractivity contribution in [3.8, 4) is 17.5 Å². The first-order valence-corrected chi connectivity index (χ1v) is 17.0. The Morgan fingerprint density at radius 3 is 1.14 bits per heavy atom. The van der Waals surface area contributed by atoms with Gasteiger partial charge < -0.3 is 0 Å². The van der Waals surface area contributed by atoms with Gasteiger partial charge in [-0.25, -0.2) is 29.0 Å². The summed E-state index contributed by atoms with van der Waals surface area (Å²) in [6, 6.07) is 19.9. The number of nitrogens with zero attached hydrogens (tertiary/aromatic N) is 11. The average molecular weight is 806 g/mol. The normalized spacial score (nSPS) is 14.9. The molecule has 0 saturated heterocycles. The minimum absolute atomic E-state index is 0.0301. The summed E-state index contributed by atoms with van der Waals surface area (Å²) >= 11 is 0. The number of allylic oxidation sites excluding steroid dienone is 1. The molecule has 1 unspecified atom stereocenters. The molecule has 1 aliphatic heterocycles. The Bertz CT molecular complexity index is 2470. The van der Waals surface area contributed by atoms with Gasteiger partial charge >= 0.3 is 18.5 Å². The highest BCUT2D eigenvalue weighted by Crippen LogP contribution is 2.44. The van der Waals surface area contributed by atoms with E-state index >= 15 is 0 Å².